The van der Waals surface area contributed by atoms with Gasteiger partial charge in [-0.1, -0.05) is 88.2 Å². The fourth-order valence-electron chi connectivity index (χ4n) is 3.45. The molecule has 1 fully saturated rings. The van der Waals surface area contributed by atoms with Gasteiger partial charge in [-0.25, -0.2) is 0 Å². The van der Waals surface area contributed by atoms with Gasteiger partial charge in [-0.15, -0.1) is 0 Å². The summed E-state index contributed by atoms with van der Waals surface area (Å²) in [5.74, 6) is -0.430. The summed E-state index contributed by atoms with van der Waals surface area (Å²) in [5.41, 5.74) is -0.114. The molecule has 4 nitrogen and oxygen atoms in total. The smallest absolute Gasteiger partial charge is 0.315 e. The van der Waals surface area contributed by atoms with Gasteiger partial charge in [0.05, 0.1) is 10.0 Å². The van der Waals surface area contributed by atoms with Gasteiger partial charge in [-0.05, 0) is 29.5 Å². The Morgan fingerprint density at radius 2 is 1.71 bits per heavy atom. The molecule has 2 atom stereocenters. The Balaban J connectivity index is 2.10. The highest BCUT2D eigenvalue weighted by Crippen LogP contribution is 2.70. The number of nitriles is 1. The molecular weight excluding hydrogens is 486 g/mol. The highest BCUT2D eigenvalue weighted by molar-refractivity contribution is 9.14. The molecule has 1 aliphatic rings. The molecular formula is C22H19Br2NO3. The summed E-state index contributed by atoms with van der Waals surface area (Å²) in [4.78, 5) is 12.1. The fourth-order valence-corrected chi connectivity index (χ4v) is 5.20. The topological polar surface area (TPSA) is 70.3 Å². The SMILES string of the molecule is CC1(C)CC1(C(=O)O)/C(Br)=C(/Br)C(Oc1ccccc1C#N)c1ccccc1. The second-order valence-electron chi connectivity index (χ2n) is 7.45. The third kappa shape index (κ3) is 3.49. The second-order valence-corrected chi connectivity index (χ2v) is 9.10. The molecule has 28 heavy (non-hydrogen) atoms. The lowest BCUT2D eigenvalue weighted by atomic mass is 9.94. The van der Waals surface area contributed by atoms with Crippen molar-refractivity contribution in [3.8, 4) is 11.8 Å². The zero-order valence-electron chi connectivity index (χ0n) is 15.4. The van der Waals surface area contributed by atoms with Crippen LogP contribution in [0.3, 0.4) is 0 Å². The lowest BCUT2D eigenvalue weighted by Gasteiger charge is -2.24. The lowest BCUT2D eigenvalue weighted by Crippen LogP contribution is -2.23. The Morgan fingerprint density at radius 1 is 1.14 bits per heavy atom. The van der Waals surface area contributed by atoms with Crippen LogP contribution in [-0.2, 0) is 4.79 Å². The number of aliphatic carboxylic acids is 1. The van der Waals surface area contributed by atoms with Gasteiger partial charge in [-0.2, -0.15) is 5.26 Å². The van der Waals surface area contributed by atoms with Crippen LogP contribution in [0.15, 0.2) is 63.6 Å². The van der Waals surface area contributed by atoms with Gasteiger partial charge in [0.25, 0.3) is 0 Å². The van der Waals surface area contributed by atoms with Gasteiger partial charge in [0.1, 0.15) is 17.2 Å². The van der Waals surface area contributed by atoms with E-state index in [1.54, 1.807) is 24.3 Å². The maximum absolute atomic E-state index is 12.1. The van der Waals surface area contributed by atoms with Crippen molar-refractivity contribution in [2.75, 3.05) is 0 Å². The number of rotatable bonds is 6. The molecule has 0 aliphatic heterocycles. The molecule has 0 bridgehead atoms. The number of nitrogens with zero attached hydrogens (tertiary/aromatic N) is 1. The monoisotopic (exact) mass is 503 g/mol. The minimum absolute atomic E-state index is 0.373. The summed E-state index contributed by atoms with van der Waals surface area (Å²) in [7, 11) is 0. The summed E-state index contributed by atoms with van der Waals surface area (Å²) in [6, 6.07) is 18.6. The molecule has 1 N–H and O–H groups in total. The Labute approximate surface area is 181 Å². The van der Waals surface area contributed by atoms with E-state index < -0.39 is 17.5 Å². The summed E-state index contributed by atoms with van der Waals surface area (Å²) in [6.45, 7) is 3.87. The van der Waals surface area contributed by atoms with E-state index in [4.69, 9.17) is 4.74 Å². The molecule has 1 aliphatic carbocycles. The van der Waals surface area contributed by atoms with Crippen molar-refractivity contribution in [3.05, 3.63) is 74.7 Å². The van der Waals surface area contributed by atoms with Crippen LogP contribution in [-0.4, -0.2) is 11.1 Å². The number of para-hydroxylation sites is 1. The van der Waals surface area contributed by atoms with Crippen molar-refractivity contribution < 1.29 is 14.6 Å². The van der Waals surface area contributed by atoms with Crippen molar-refractivity contribution in [2.24, 2.45) is 10.8 Å². The predicted octanol–water partition coefficient (Wildman–Crippen LogP) is 6.18. The predicted molar refractivity (Wildman–Crippen MR) is 114 cm³/mol. The van der Waals surface area contributed by atoms with Gasteiger partial charge in [0.15, 0.2) is 6.10 Å². The molecule has 0 heterocycles. The minimum atomic E-state index is -1.00. The number of hydrogen-bond acceptors (Lipinski definition) is 3. The van der Waals surface area contributed by atoms with Crippen LogP contribution in [0.25, 0.3) is 0 Å². The normalized spacial score (nSPS) is 21.8. The summed E-state index contributed by atoms with van der Waals surface area (Å²) in [6.07, 6.45) is -0.0703. The quantitative estimate of drug-likeness (QED) is 0.509. The molecule has 3 rings (SSSR count). The summed E-state index contributed by atoms with van der Waals surface area (Å²) in [5, 5.41) is 19.3. The first-order valence-corrected chi connectivity index (χ1v) is 10.3. The molecule has 1 saturated carbocycles. The number of benzene rings is 2. The maximum Gasteiger partial charge on any atom is 0.315 e. The first-order valence-electron chi connectivity index (χ1n) is 8.74. The molecule has 0 amide bonds. The Bertz CT molecular complexity index is 979. The number of ether oxygens (including phenoxy) is 1. The number of halogens is 2. The van der Waals surface area contributed by atoms with Gasteiger partial charge >= 0.3 is 5.97 Å². The van der Waals surface area contributed by atoms with Crippen LogP contribution in [0.5, 0.6) is 5.75 Å². The zero-order valence-corrected chi connectivity index (χ0v) is 18.6. The number of carboxylic acids is 1. The van der Waals surface area contributed by atoms with E-state index in [1.165, 1.54) is 0 Å². The van der Waals surface area contributed by atoms with E-state index >= 15 is 0 Å². The van der Waals surface area contributed by atoms with Crippen molar-refractivity contribution in [2.45, 2.75) is 26.4 Å². The van der Waals surface area contributed by atoms with E-state index in [2.05, 4.69) is 37.9 Å². The molecule has 0 saturated heterocycles. The van der Waals surface area contributed by atoms with E-state index in [0.29, 0.717) is 26.7 Å². The molecule has 2 aromatic rings. The maximum atomic E-state index is 12.1. The number of carbonyl (C=O) groups is 1. The fraction of sp³-hybridized carbons (Fsp3) is 0.273. The average molecular weight is 505 g/mol. The third-order valence-electron chi connectivity index (χ3n) is 5.27. The van der Waals surface area contributed by atoms with E-state index in [9.17, 15) is 15.2 Å². The van der Waals surface area contributed by atoms with Crippen LogP contribution in [0.1, 0.15) is 37.5 Å². The van der Waals surface area contributed by atoms with E-state index in [-0.39, 0.29) is 5.41 Å². The first-order chi connectivity index (χ1) is 13.2. The van der Waals surface area contributed by atoms with E-state index in [0.717, 1.165) is 5.56 Å². The van der Waals surface area contributed by atoms with Crippen LogP contribution in [0, 0.1) is 22.2 Å². The zero-order chi connectivity index (χ0) is 20.5. The van der Waals surface area contributed by atoms with E-state index in [1.807, 2.05) is 44.2 Å². The molecule has 0 aromatic heterocycles. The molecule has 144 valence electrons. The third-order valence-corrected chi connectivity index (χ3v) is 7.72. The molecule has 0 spiro atoms. The Morgan fingerprint density at radius 3 is 2.25 bits per heavy atom. The standard InChI is InChI=1S/C22H19Br2NO3/c1-21(2)13-22(21,20(26)27)19(24)17(23)18(14-8-4-3-5-9-14)28-16-11-7-6-10-15(16)12-25/h3-11,18H,13H2,1-2H3,(H,26,27)/b19-17-. The average Bonchev–Trinajstić information content (AvgIpc) is 3.29. The molecule has 6 heteroatoms. The van der Waals surface area contributed by atoms with Gasteiger partial charge in [0.2, 0.25) is 0 Å². The Hall–Kier alpha value is -2.10. The van der Waals surface area contributed by atoms with Crippen molar-refractivity contribution in [1.82, 2.24) is 0 Å². The first kappa shape index (κ1) is 20.6. The lowest BCUT2D eigenvalue weighted by molar-refractivity contribution is -0.142. The van der Waals surface area contributed by atoms with Gasteiger partial charge < -0.3 is 9.84 Å². The molecule has 0 radical (unpaired) electrons. The van der Waals surface area contributed by atoms with Crippen molar-refractivity contribution in [1.29, 1.82) is 5.26 Å². The highest BCUT2D eigenvalue weighted by Gasteiger charge is 2.69. The molecule has 2 unspecified atom stereocenters. The van der Waals surface area contributed by atoms with Crippen molar-refractivity contribution >= 4 is 37.8 Å². The highest BCUT2D eigenvalue weighted by atomic mass is 79.9. The van der Waals surface area contributed by atoms with Crippen LogP contribution < -0.4 is 4.74 Å². The van der Waals surface area contributed by atoms with Crippen LogP contribution in [0.2, 0.25) is 0 Å². The van der Waals surface area contributed by atoms with Crippen molar-refractivity contribution in [3.63, 3.8) is 0 Å². The largest absolute Gasteiger partial charge is 0.481 e. The van der Waals surface area contributed by atoms with Gasteiger partial charge in [0, 0.05) is 4.48 Å². The van der Waals surface area contributed by atoms with Crippen LogP contribution >= 0.6 is 31.9 Å². The number of hydrogen-bond donors (Lipinski definition) is 1. The van der Waals surface area contributed by atoms with Gasteiger partial charge in [-0.3, -0.25) is 4.79 Å². The van der Waals surface area contributed by atoms with Crippen LogP contribution in [0.4, 0.5) is 0 Å². The minimum Gasteiger partial charge on any atom is -0.481 e. The Kier molecular flexibility index (Phi) is 5.69. The summed E-state index contributed by atoms with van der Waals surface area (Å²) >= 11 is 7.17. The number of carboxylic acid groups (broad SMARTS) is 1. The molecule has 2 aromatic carbocycles. The summed E-state index contributed by atoms with van der Waals surface area (Å²) < 4.78 is 7.38. The second kappa shape index (κ2) is 7.73.